The number of quaternary nitrogens is 1. The molecule has 9 nitrogen and oxygen atoms in total. The maximum atomic E-state index is 11.3. The summed E-state index contributed by atoms with van der Waals surface area (Å²) >= 11 is 0. The van der Waals surface area contributed by atoms with Crippen molar-refractivity contribution in [1.29, 1.82) is 0 Å². The van der Waals surface area contributed by atoms with Gasteiger partial charge in [0.05, 0.1) is 26.2 Å². The highest BCUT2D eigenvalue weighted by atomic mass is 32.3. The van der Waals surface area contributed by atoms with Gasteiger partial charge in [0.2, 0.25) is 16.2 Å². The van der Waals surface area contributed by atoms with Crippen LogP contribution in [0.25, 0.3) is 0 Å². The van der Waals surface area contributed by atoms with Gasteiger partial charge in [-0.05, 0) is 34.1 Å². The van der Waals surface area contributed by atoms with E-state index in [-0.39, 0.29) is 12.0 Å². The molecule has 38 heavy (non-hydrogen) atoms. The van der Waals surface area contributed by atoms with Gasteiger partial charge in [0.1, 0.15) is 0 Å². The molecule has 224 valence electrons. The molecule has 1 rings (SSSR count). The summed E-state index contributed by atoms with van der Waals surface area (Å²) in [5.41, 5.74) is 0.00738. The quantitative estimate of drug-likeness (QED) is 0.0621. The van der Waals surface area contributed by atoms with Crippen molar-refractivity contribution in [3.05, 3.63) is 35.9 Å². The number of unbranched alkanes of at least 4 members (excludes halogenated alkanes) is 9. The van der Waals surface area contributed by atoms with Crippen molar-refractivity contribution in [2.75, 3.05) is 26.2 Å². The summed E-state index contributed by atoms with van der Waals surface area (Å²) in [6, 6.07) is 7.38. The number of benzene rings is 1. The van der Waals surface area contributed by atoms with E-state index in [1.165, 1.54) is 80.6 Å². The van der Waals surface area contributed by atoms with Crippen molar-refractivity contribution in [2.45, 2.75) is 111 Å². The molecule has 0 fully saturated rings. The lowest BCUT2D eigenvalue weighted by atomic mass is 9.98. The minimum atomic E-state index is -5.32. The van der Waals surface area contributed by atoms with Gasteiger partial charge in [0.25, 0.3) is 0 Å². The highest BCUT2D eigenvalue weighted by Gasteiger charge is 2.41. The number of nitrogens with zero attached hydrogens (tertiary/aromatic N) is 1. The first-order valence-electron chi connectivity index (χ1n) is 14.1. The van der Waals surface area contributed by atoms with Crippen LogP contribution in [-0.4, -0.2) is 56.6 Å². The second-order valence-electron chi connectivity index (χ2n) is 9.66. The van der Waals surface area contributed by atoms with Crippen LogP contribution in [0.4, 0.5) is 0 Å². The van der Waals surface area contributed by atoms with Crippen LogP contribution in [0.1, 0.15) is 111 Å². The van der Waals surface area contributed by atoms with Gasteiger partial charge < -0.3 is 9.04 Å². The molecule has 0 aliphatic heterocycles. The average Bonchev–Trinajstić information content (AvgIpc) is 2.86. The van der Waals surface area contributed by atoms with Crippen molar-refractivity contribution >= 4 is 20.8 Å². The fraction of sp³-hybridized carbons (Fsp3) is 0.778. The topological polar surface area (TPSA) is 130 Å². The van der Waals surface area contributed by atoms with E-state index in [9.17, 15) is 21.4 Å². The zero-order valence-corrected chi connectivity index (χ0v) is 25.7. The molecule has 0 aromatic heterocycles. The lowest BCUT2D eigenvalue weighted by molar-refractivity contribution is -0.921. The van der Waals surface area contributed by atoms with Gasteiger partial charge in [0.15, 0.2) is 0 Å². The van der Waals surface area contributed by atoms with Gasteiger partial charge in [-0.25, -0.2) is 16.8 Å². The van der Waals surface area contributed by atoms with Crippen LogP contribution in [0, 0.1) is 0 Å². The second-order valence-corrected chi connectivity index (χ2v) is 11.7. The maximum absolute atomic E-state index is 11.3. The second kappa shape index (κ2) is 19.1. The number of hydrogen-bond donors (Lipinski definition) is 1. The third-order valence-corrected chi connectivity index (χ3v) is 8.19. The van der Waals surface area contributed by atoms with Crippen molar-refractivity contribution in [1.82, 2.24) is 0 Å². The van der Waals surface area contributed by atoms with Crippen LogP contribution in [0.15, 0.2) is 30.3 Å². The van der Waals surface area contributed by atoms with Gasteiger partial charge in [-0.2, -0.15) is 8.42 Å². The SMILES string of the molecule is CCCCCCCCCCCCC(OS(=O)(=O)[O-])(OS(=O)(=O)O)c1ccccc1.CC[N+](CC)(CC)CC. The van der Waals surface area contributed by atoms with Crippen LogP contribution < -0.4 is 0 Å². The minimum absolute atomic E-state index is 0.00738. The van der Waals surface area contributed by atoms with Crippen LogP contribution in [-0.2, 0) is 35.0 Å². The summed E-state index contributed by atoms with van der Waals surface area (Å²) in [6.07, 6.45) is 9.82. The van der Waals surface area contributed by atoms with Crippen molar-refractivity contribution < 1.29 is 38.8 Å². The molecule has 0 saturated heterocycles. The highest BCUT2D eigenvalue weighted by Crippen LogP contribution is 2.36. The van der Waals surface area contributed by atoms with Crippen LogP contribution >= 0.6 is 0 Å². The molecule has 0 heterocycles. The van der Waals surface area contributed by atoms with Crippen molar-refractivity contribution in [2.24, 2.45) is 0 Å². The molecule has 0 aliphatic rings. The molecule has 1 aromatic carbocycles. The van der Waals surface area contributed by atoms with Crippen LogP contribution in [0.5, 0.6) is 0 Å². The van der Waals surface area contributed by atoms with Gasteiger partial charge in [-0.1, -0.05) is 95.0 Å². The molecule has 0 radical (unpaired) electrons. The standard InChI is InChI=1S/C19H32O8S2.C8H20N/c1-2-3-4-5-6-7-8-9-10-14-17-19(26-28(20,21)22,27-29(23,24)25)18-15-12-11-13-16-18;1-5-9(6-2,7-3)8-4/h11-13,15-16H,2-10,14,17H2,1H3,(H,20,21,22)(H,23,24,25);5-8H2,1-4H3/q;+1/p-1. The monoisotopic (exact) mass is 581 g/mol. The Balaban J connectivity index is 0.00000129. The fourth-order valence-electron chi connectivity index (χ4n) is 4.55. The molecule has 0 aliphatic carbocycles. The summed E-state index contributed by atoms with van der Waals surface area (Å²) in [5.74, 6) is -2.43. The van der Waals surface area contributed by atoms with E-state index in [0.717, 1.165) is 25.7 Å². The zero-order chi connectivity index (χ0) is 29.1. The third-order valence-electron chi connectivity index (χ3n) is 7.23. The molecule has 0 saturated carbocycles. The van der Waals surface area contributed by atoms with Gasteiger partial charge in [0, 0.05) is 12.0 Å². The normalized spacial score (nSPS) is 14.0. The summed E-state index contributed by atoms with van der Waals surface area (Å²) in [7, 11) is -10.4. The Morgan fingerprint density at radius 3 is 1.47 bits per heavy atom. The number of rotatable bonds is 20. The summed E-state index contributed by atoms with van der Waals surface area (Å²) in [6.45, 7) is 16.4. The zero-order valence-electron chi connectivity index (χ0n) is 24.1. The van der Waals surface area contributed by atoms with Crippen LogP contribution in [0.3, 0.4) is 0 Å². The van der Waals surface area contributed by atoms with Gasteiger partial charge in [-0.15, -0.1) is 0 Å². The Hall–Kier alpha value is -1.08. The molecule has 1 N–H and O–H groups in total. The van der Waals surface area contributed by atoms with E-state index in [0.29, 0.717) is 12.8 Å². The van der Waals surface area contributed by atoms with E-state index in [1.807, 2.05) is 0 Å². The summed E-state index contributed by atoms with van der Waals surface area (Å²) in [5, 5.41) is 0. The molecular formula is C27H51NO8S2. The smallest absolute Gasteiger partial charge is 0.400 e. The van der Waals surface area contributed by atoms with Crippen molar-refractivity contribution in [3.63, 3.8) is 0 Å². The summed E-state index contributed by atoms with van der Waals surface area (Å²) in [4.78, 5) is 0. The Kier molecular flexibility index (Phi) is 18.5. The molecule has 11 heteroatoms. The molecular weight excluding hydrogens is 530 g/mol. The first-order valence-corrected chi connectivity index (χ1v) is 16.8. The Bertz CT molecular complexity index is 882. The van der Waals surface area contributed by atoms with Gasteiger partial charge in [-0.3, -0.25) is 4.55 Å². The van der Waals surface area contributed by atoms with Gasteiger partial charge >= 0.3 is 10.4 Å². The van der Waals surface area contributed by atoms with E-state index in [4.69, 9.17) is 4.55 Å². The number of hydrogen-bond acceptors (Lipinski definition) is 7. The van der Waals surface area contributed by atoms with Crippen LogP contribution in [0.2, 0.25) is 0 Å². The fourth-order valence-corrected chi connectivity index (χ4v) is 5.69. The predicted molar refractivity (Wildman–Crippen MR) is 150 cm³/mol. The molecule has 0 amide bonds. The lowest BCUT2D eigenvalue weighted by Crippen LogP contribution is -2.47. The Labute approximate surface area is 232 Å². The van der Waals surface area contributed by atoms with E-state index in [2.05, 4.69) is 43.0 Å². The summed E-state index contributed by atoms with van der Waals surface area (Å²) < 4.78 is 76.0. The third kappa shape index (κ3) is 16.1. The average molecular weight is 582 g/mol. The predicted octanol–water partition coefficient (Wildman–Crippen LogP) is 6.33. The van der Waals surface area contributed by atoms with E-state index < -0.39 is 26.6 Å². The minimum Gasteiger partial charge on any atom is -0.725 e. The molecule has 1 atom stereocenters. The van der Waals surface area contributed by atoms with Crippen molar-refractivity contribution in [3.8, 4) is 0 Å². The molecule has 0 spiro atoms. The van der Waals surface area contributed by atoms with E-state index in [1.54, 1.807) is 6.07 Å². The molecule has 1 unspecified atom stereocenters. The van der Waals surface area contributed by atoms with E-state index >= 15 is 0 Å². The highest BCUT2D eigenvalue weighted by molar-refractivity contribution is 7.81. The lowest BCUT2D eigenvalue weighted by Gasteiger charge is -2.34. The first-order chi connectivity index (χ1) is 17.8. The maximum Gasteiger partial charge on any atom is 0.400 e. The first kappa shape index (κ1) is 36.9. The Morgan fingerprint density at radius 2 is 1.13 bits per heavy atom. The molecule has 1 aromatic rings. The largest absolute Gasteiger partial charge is 0.725 e. The molecule has 0 bridgehead atoms. The Morgan fingerprint density at radius 1 is 0.711 bits per heavy atom.